The number of ether oxygens (including phenoxy) is 1. The number of fused-ring (bicyclic) bond motifs is 1. The van der Waals surface area contributed by atoms with Crippen molar-refractivity contribution in [3.8, 4) is 5.75 Å². The average Bonchev–Trinajstić information content (AvgIpc) is 3.24. The van der Waals surface area contributed by atoms with E-state index in [1.54, 1.807) is 6.07 Å². The topological polar surface area (TPSA) is 112 Å². The number of aromatic amines is 1. The Bertz CT molecular complexity index is 973. The molecule has 0 bridgehead atoms. The number of amides is 1. The number of furan rings is 1. The lowest BCUT2D eigenvalue weighted by Crippen LogP contribution is -2.38. The van der Waals surface area contributed by atoms with E-state index in [0.717, 1.165) is 33.9 Å². The summed E-state index contributed by atoms with van der Waals surface area (Å²) in [5.41, 5.74) is 6.48. The highest BCUT2D eigenvalue weighted by molar-refractivity contribution is 6.05. The minimum absolute atomic E-state index is 0.310. The van der Waals surface area contributed by atoms with Gasteiger partial charge in [-0.1, -0.05) is 0 Å². The molecule has 1 aromatic carbocycles. The maximum atomic E-state index is 12.3. The van der Waals surface area contributed by atoms with Gasteiger partial charge in [0.25, 0.3) is 5.91 Å². The Morgan fingerprint density at radius 3 is 2.63 bits per heavy atom. The number of nitrogens with one attached hydrogen (secondary N) is 2. The number of benzene rings is 1. The number of rotatable bonds is 6. The zero-order chi connectivity index (χ0) is 19.6. The largest absolute Gasteiger partial charge is 0.486 e. The number of nitrogens with two attached hydrogens (primary N) is 1. The molecule has 4 N–H and O–H groups in total. The van der Waals surface area contributed by atoms with E-state index in [1.165, 1.54) is 7.05 Å². The van der Waals surface area contributed by atoms with E-state index < -0.39 is 0 Å². The Kier molecular flexibility index (Phi) is 5.18. The lowest BCUT2D eigenvalue weighted by Gasteiger charge is -2.12. The van der Waals surface area contributed by atoms with E-state index in [4.69, 9.17) is 20.3 Å². The molecule has 0 aliphatic rings. The van der Waals surface area contributed by atoms with E-state index in [2.05, 4.69) is 4.98 Å². The SMILES string of the molecule is CN(C)Cc1ccc(COc2ccc3cc(C(=O)N(C)C(=N)N)[nH]c3c2)o1. The van der Waals surface area contributed by atoms with Crippen LogP contribution in [0.2, 0.25) is 0 Å². The predicted octanol–water partition coefficient (Wildman–Crippen LogP) is 2.37. The third kappa shape index (κ3) is 4.29. The summed E-state index contributed by atoms with van der Waals surface area (Å²) in [5.74, 6) is 1.61. The van der Waals surface area contributed by atoms with Crippen molar-refractivity contribution < 1.29 is 13.9 Å². The first kappa shape index (κ1) is 18.5. The van der Waals surface area contributed by atoms with Crippen LogP contribution in [0.1, 0.15) is 22.0 Å². The number of H-pyrrole nitrogens is 1. The van der Waals surface area contributed by atoms with Crippen LogP contribution < -0.4 is 10.5 Å². The van der Waals surface area contributed by atoms with Gasteiger partial charge in [-0.2, -0.15) is 0 Å². The number of hydrogen-bond acceptors (Lipinski definition) is 5. The summed E-state index contributed by atoms with van der Waals surface area (Å²) >= 11 is 0. The molecule has 3 aromatic rings. The first-order valence-electron chi connectivity index (χ1n) is 8.43. The number of nitrogens with zero attached hydrogens (tertiary/aromatic N) is 2. The zero-order valence-corrected chi connectivity index (χ0v) is 15.6. The van der Waals surface area contributed by atoms with Crippen LogP contribution in [0.25, 0.3) is 10.9 Å². The molecule has 0 radical (unpaired) electrons. The molecule has 0 aliphatic heterocycles. The summed E-state index contributed by atoms with van der Waals surface area (Å²) in [6.07, 6.45) is 0. The highest BCUT2D eigenvalue weighted by Gasteiger charge is 2.16. The van der Waals surface area contributed by atoms with E-state index in [-0.39, 0.29) is 11.9 Å². The number of hydrogen-bond donors (Lipinski definition) is 3. The van der Waals surface area contributed by atoms with Crippen molar-refractivity contribution in [2.24, 2.45) is 5.73 Å². The monoisotopic (exact) mass is 369 g/mol. The Labute approximate surface area is 157 Å². The van der Waals surface area contributed by atoms with E-state index in [9.17, 15) is 4.79 Å². The van der Waals surface area contributed by atoms with Gasteiger partial charge in [0.2, 0.25) is 0 Å². The van der Waals surface area contributed by atoms with Crippen LogP contribution in [0.5, 0.6) is 5.75 Å². The van der Waals surface area contributed by atoms with Crippen molar-refractivity contribution in [2.45, 2.75) is 13.2 Å². The molecule has 0 atom stereocenters. The second kappa shape index (κ2) is 7.55. The number of carbonyl (C=O) groups is 1. The highest BCUT2D eigenvalue weighted by atomic mass is 16.5. The van der Waals surface area contributed by atoms with Crippen LogP contribution >= 0.6 is 0 Å². The smallest absolute Gasteiger partial charge is 0.276 e. The molecular formula is C19H23N5O3. The quantitative estimate of drug-likeness (QED) is 0.456. The number of aromatic nitrogens is 1. The molecule has 0 aliphatic carbocycles. The van der Waals surface area contributed by atoms with E-state index >= 15 is 0 Å². The summed E-state index contributed by atoms with van der Waals surface area (Å²) in [7, 11) is 5.42. The third-order valence-electron chi connectivity index (χ3n) is 4.06. The molecule has 0 fully saturated rings. The predicted molar refractivity (Wildman–Crippen MR) is 103 cm³/mol. The molecule has 3 rings (SSSR count). The van der Waals surface area contributed by atoms with Crippen molar-refractivity contribution in [1.82, 2.24) is 14.8 Å². The van der Waals surface area contributed by atoms with E-state index in [0.29, 0.717) is 18.1 Å². The van der Waals surface area contributed by atoms with Crippen molar-refractivity contribution in [3.05, 3.63) is 53.6 Å². The number of carbonyl (C=O) groups excluding carboxylic acids is 1. The van der Waals surface area contributed by atoms with Gasteiger partial charge in [-0.05, 0) is 44.4 Å². The lowest BCUT2D eigenvalue weighted by atomic mass is 10.2. The highest BCUT2D eigenvalue weighted by Crippen LogP contribution is 2.23. The molecule has 8 nitrogen and oxygen atoms in total. The molecule has 0 saturated heterocycles. The summed E-state index contributed by atoms with van der Waals surface area (Å²) in [5, 5.41) is 8.23. The lowest BCUT2D eigenvalue weighted by molar-refractivity contribution is 0.0864. The summed E-state index contributed by atoms with van der Waals surface area (Å²) in [6.45, 7) is 1.05. The standard InChI is InChI=1S/C19H23N5O3/c1-23(2)10-14-6-7-15(27-14)11-26-13-5-4-12-8-17(22-16(12)9-13)18(25)24(3)19(20)21/h4-9,22H,10-11H2,1-3H3,(H3,20,21). The normalized spacial score (nSPS) is 11.1. The Hall–Kier alpha value is -3.26. The first-order valence-corrected chi connectivity index (χ1v) is 8.43. The van der Waals surface area contributed by atoms with Crippen molar-refractivity contribution in [1.29, 1.82) is 5.41 Å². The second-order valence-electron chi connectivity index (χ2n) is 6.58. The molecule has 27 heavy (non-hydrogen) atoms. The maximum absolute atomic E-state index is 12.3. The van der Waals surface area contributed by atoms with Gasteiger partial charge in [0, 0.05) is 24.0 Å². The summed E-state index contributed by atoms with van der Waals surface area (Å²) in [6, 6.07) is 11.1. The van der Waals surface area contributed by atoms with Crippen molar-refractivity contribution in [3.63, 3.8) is 0 Å². The van der Waals surface area contributed by atoms with Gasteiger partial charge in [-0.3, -0.25) is 15.1 Å². The summed E-state index contributed by atoms with van der Waals surface area (Å²) in [4.78, 5) is 18.4. The van der Waals surface area contributed by atoms with Gasteiger partial charge in [0.15, 0.2) is 5.96 Å². The summed E-state index contributed by atoms with van der Waals surface area (Å²) < 4.78 is 11.5. The molecule has 0 unspecified atom stereocenters. The van der Waals surface area contributed by atoms with Crippen molar-refractivity contribution >= 4 is 22.8 Å². The molecule has 2 heterocycles. The van der Waals surface area contributed by atoms with Crippen LogP contribution in [0.4, 0.5) is 0 Å². The molecular weight excluding hydrogens is 346 g/mol. The Balaban J connectivity index is 1.70. The third-order valence-corrected chi connectivity index (χ3v) is 4.06. The van der Waals surface area contributed by atoms with Gasteiger partial charge in [-0.15, -0.1) is 0 Å². The van der Waals surface area contributed by atoms with Crippen molar-refractivity contribution in [2.75, 3.05) is 21.1 Å². The fourth-order valence-electron chi connectivity index (χ4n) is 2.65. The molecule has 0 spiro atoms. The van der Waals surface area contributed by atoms with Gasteiger partial charge in [0.1, 0.15) is 29.6 Å². The molecule has 8 heteroatoms. The minimum Gasteiger partial charge on any atom is -0.486 e. The van der Waals surface area contributed by atoms with Gasteiger partial charge in [-0.25, -0.2) is 0 Å². The Morgan fingerprint density at radius 1 is 1.19 bits per heavy atom. The minimum atomic E-state index is -0.370. The van der Waals surface area contributed by atoms with Crippen LogP contribution in [0, 0.1) is 5.41 Å². The molecule has 1 amide bonds. The van der Waals surface area contributed by atoms with Gasteiger partial charge in [0.05, 0.1) is 6.54 Å². The fourth-order valence-corrected chi connectivity index (χ4v) is 2.65. The van der Waals surface area contributed by atoms with Crippen LogP contribution in [0.15, 0.2) is 40.8 Å². The van der Waals surface area contributed by atoms with Gasteiger partial charge < -0.3 is 24.8 Å². The fraction of sp³-hybridized carbons (Fsp3) is 0.263. The molecule has 142 valence electrons. The Morgan fingerprint density at radius 2 is 1.93 bits per heavy atom. The van der Waals surface area contributed by atoms with Crippen LogP contribution in [-0.2, 0) is 13.2 Å². The van der Waals surface area contributed by atoms with Gasteiger partial charge >= 0.3 is 0 Å². The molecule has 0 saturated carbocycles. The zero-order valence-electron chi connectivity index (χ0n) is 15.6. The second-order valence-corrected chi connectivity index (χ2v) is 6.58. The average molecular weight is 369 g/mol. The first-order chi connectivity index (χ1) is 12.8. The number of guanidine groups is 1. The van der Waals surface area contributed by atoms with Crippen LogP contribution in [0.3, 0.4) is 0 Å². The van der Waals surface area contributed by atoms with Crippen LogP contribution in [-0.4, -0.2) is 47.8 Å². The van der Waals surface area contributed by atoms with E-state index in [1.807, 2.05) is 49.3 Å². The maximum Gasteiger partial charge on any atom is 0.276 e. The molecule has 2 aromatic heterocycles.